The topological polar surface area (TPSA) is 0 Å². The molecule has 0 aromatic rings. The Kier molecular flexibility index (Phi) is 12.5. The molecule has 0 spiro atoms. The molecule has 3 heteroatoms. The van der Waals surface area contributed by atoms with E-state index in [9.17, 15) is 0 Å². The second kappa shape index (κ2) is 14.1. The van der Waals surface area contributed by atoms with E-state index < -0.39 is 0 Å². The molecule has 0 nitrogen and oxygen atoms in total. The van der Waals surface area contributed by atoms with Gasteiger partial charge in [-0.25, -0.2) is 18.2 Å². The van der Waals surface area contributed by atoms with E-state index in [4.69, 9.17) is 0 Å². The molecule has 0 aromatic carbocycles. The van der Waals surface area contributed by atoms with E-state index in [1.165, 1.54) is 64.2 Å². The number of hydrogen-bond acceptors (Lipinski definition) is 0. The molecule has 1 radical (unpaired) electrons. The maximum atomic E-state index is 3.86. The molecule has 0 heterocycles. The van der Waals surface area contributed by atoms with Crippen LogP contribution in [0.15, 0.2) is 34.6 Å². The molecule has 2 atom stereocenters. The Morgan fingerprint density at radius 2 is 1.37 bits per heavy atom. The van der Waals surface area contributed by atoms with E-state index in [1.54, 1.807) is 5.57 Å². The molecule has 2 fully saturated rings. The predicted molar refractivity (Wildman–Crippen MR) is 153 cm³/mol. The van der Waals surface area contributed by atoms with Gasteiger partial charge in [-0.2, -0.15) is 0 Å². The van der Waals surface area contributed by atoms with E-state index in [0.717, 1.165) is 17.0 Å². The third-order valence-electron chi connectivity index (χ3n) is 7.76. The van der Waals surface area contributed by atoms with Crippen molar-refractivity contribution >= 4 is 15.8 Å². The molecular weight excluding hydrogens is 502 g/mol. The zero-order valence-electron chi connectivity index (χ0n) is 23.3. The molecule has 0 N–H and O–H groups in total. The smallest absolute Gasteiger partial charge is 0.350 e. The van der Waals surface area contributed by atoms with Crippen LogP contribution in [0.2, 0.25) is 0 Å². The molecule has 1 unspecified atom stereocenters. The quantitative estimate of drug-likeness (QED) is 0.139. The Balaban J connectivity index is 0.000000640. The fraction of sp³-hybridized carbons (Fsp3) is 0.719. The third kappa shape index (κ3) is 8.69. The first-order valence-corrected chi connectivity index (χ1v) is 16.7. The average Bonchev–Trinajstić information content (AvgIpc) is 3.49. The van der Waals surface area contributed by atoms with Gasteiger partial charge in [0.2, 0.25) is 0 Å². The number of allylic oxidation sites excluding steroid dienone is 3. The molecule has 2 saturated carbocycles. The van der Waals surface area contributed by atoms with Gasteiger partial charge in [0.25, 0.3) is 0 Å². The van der Waals surface area contributed by atoms with Crippen molar-refractivity contribution in [3.8, 4) is 0 Å². The average molecular weight is 550 g/mol. The van der Waals surface area contributed by atoms with Gasteiger partial charge in [0.1, 0.15) is 0 Å². The van der Waals surface area contributed by atoms with E-state index >= 15 is 0 Å². The molecule has 4 aliphatic carbocycles. The van der Waals surface area contributed by atoms with E-state index in [-0.39, 0.29) is 32.9 Å². The van der Waals surface area contributed by atoms with Gasteiger partial charge in [0.15, 0.2) is 0 Å². The molecule has 4 rings (SSSR count). The van der Waals surface area contributed by atoms with Crippen LogP contribution in [0.25, 0.3) is 0 Å². The minimum Gasteiger partial charge on any atom is -0.350 e. The third-order valence-corrected chi connectivity index (χ3v) is 15.5. The Morgan fingerprint density at radius 1 is 0.857 bits per heavy atom. The number of rotatable bonds is 5. The zero-order chi connectivity index (χ0) is 24.8. The first-order chi connectivity index (χ1) is 16.1. The van der Waals surface area contributed by atoms with E-state index in [0.29, 0.717) is 16.0 Å². The molecule has 0 aliphatic heterocycles. The summed E-state index contributed by atoms with van der Waals surface area (Å²) in [5.41, 5.74) is 16.5. The Hall–Kier alpha value is -0.151. The van der Waals surface area contributed by atoms with Crippen molar-refractivity contribution in [2.45, 2.75) is 146 Å². The largest absolute Gasteiger partial charge is 2.00 e. The fourth-order valence-corrected chi connectivity index (χ4v) is 16.3. The summed E-state index contributed by atoms with van der Waals surface area (Å²) in [5.74, 6) is 0. The first kappa shape index (κ1) is 31.1. The van der Waals surface area contributed by atoms with Gasteiger partial charge >= 0.3 is 17.1 Å². The van der Waals surface area contributed by atoms with Crippen molar-refractivity contribution in [1.82, 2.24) is 0 Å². The van der Waals surface area contributed by atoms with Crippen LogP contribution in [0.3, 0.4) is 0 Å². The van der Waals surface area contributed by atoms with E-state index in [2.05, 4.69) is 96.0 Å². The van der Waals surface area contributed by atoms with Crippen molar-refractivity contribution in [3.63, 3.8) is 0 Å². The normalized spacial score (nSPS) is 23.2. The standard InChI is InChI=1S/C27H47P2.C5.Fe/c1-21(29(26(2,3)4)27(5,6)7)24-19-14-20-25(24)28(22-15-10-8-11-16-22)23-17-12-9-13-18-23;1-2-4-5-3-1;/h14,20-23,25H,8-13,15-18H2,1-7H3;;/q2*-1;+2/t21-,25?;;/m1../s1. The van der Waals surface area contributed by atoms with Crippen molar-refractivity contribution in [2.75, 3.05) is 0 Å². The fourth-order valence-electron chi connectivity index (χ4n) is 7.03. The van der Waals surface area contributed by atoms with Crippen LogP contribution in [-0.2, 0) is 17.1 Å². The molecule has 4 aliphatic rings. The zero-order valence-corrected chi connectivity index (χ0v) is 26.2. The van der Waals surface area contributed by atoms with Gasteiger partial charge in [-0.3, -0.25) is 11.5 Å². The summed E-state index contributed by atoms with van der Waals surface area (Å²) in [5, 5.41) is 0.764. The van der Waals surface area contributed by atoms with Crippen LogP contribution >= 0.6 is 15.8 Å². The summed E-state index contributed by atoms with van der Waals surface area (Å²) >= 11 is 0. The monoisotopic (exact) mass is 549 g/mol. The van der Waals surface area contributed by atoms with Gasteiger partial charge in [0.05, 0.1) is 0 Å². The van der Waals surface area contributed by atoms with Crippen molar-refractivity contribution in [3.05, 3.63) is 53.1 Å². The van der Waals surface area contributed by atoms with Crippen LogP contribution in [0.5, 0.6) is 0 Å². The number of hydrogen-bond donors (Lipinski definition) is 0. The molecule has 0 saturated heterocycles. The summed E-state index contributed by atoms with van der Waals surface area (Å²) in [6.45, 7) is 17.5. The summed E-state index contributed by atoms with van der Waals surface area (Å²) in [4.78, 5) is 0. The van der Waals surface area contributed by atoms with Crippen molar-refractivity contribution in [1.29, 1.82) is 0 Å². The van der Waals surface area contributed by atoms with Crippen LogP contribution in [0.1, 0.15) is 113 Å². The Morgan fingerprint density at radius 3 is 1.74 bits per heavy atom. The maximum Gasteiger partial charge on any atom is 2.00 e. The summed E-state index contributed by atoms with van der Waals surface area (Å²) in [6.07, 6.45) is 24.9. The maximum absolute atomic E-state index is 3.86. The Bertz CT molecular complexity index is 816. The SMILES string of the molecule is C[C@H](C1=C=C[CH-]C1P(C1CCCCC1)C1CCCCC1)P(C(C)(C)C)C(C)(C)C.[C]1=C=C=C=[C-]1.[Fe+2]. The van der Waals surface area contributed by atoms with E-state index in [1.807, 2.05) is 0 Å². The first-order valence-electron chi connectivity index (χ1n) is 13.7. The minimum absolute atomic E-state index is 0. The molecule has 35 heavy (non-hydrogen) atoms. The van der Waals surface area contributed by atoms with Crippen molar-refractivity contribution in [2.24, 2.45) is 0 Å². The van der Waals surface area contributed by atoms with Gasteiger partial charge in [-0.1, -0.05) is 101 Å². The molecule has 0 aromatic heterocycles. The predicted octanol–water partition coefficient (Wildman–Crippen LogP) is 9.89. The molecule has 0 bridgehead atoms. The molecule has 193 valence electrons. The van der Waals surface area contributed by atoms with Gasteiger partial charge in [-0.15, -0.1) is 25.6 Å². The molecule has 0 amide bonds. The van der Waals surface area contributed by atoms with Gasteiger partial charge in [0, 0.05) is 0 Å². The van der Waals surface area contributed by atoms with Gasteiger partial charge < -0.3 is 5.73 Å². The van der Waals surface area contributed by atoms with Gasteiger partial charge in [-0.05, 0) is 53.0 Å². The van der Waals surface area contributed by atoms with Crippen LogP contribution in [0.4, 0.5) is 0 Å². The summed E-state index contributed by atoms with van der Waals surface area (Å²) < 4.78 is 0. The Labute approximate surface area is 230 Å². The second-order valence-electron chi connectivity index (χ2n) is 12.4. The minimum atomic E-state index is -0.130. The summed E-state index contributed by atoms with van der Waals surface area (Å²) in [6, 6.07) is 0. The second-order valence-corrected chi connectivity index (χ2v) is 19.6. The molecular formula is C32H47FeP2. The summed E-state index contributed by atoms with van der Waals surface area (Å²) in [7, 11) is -0.0728. The van der Waals surface area contributed by atoms with Crippen LogP contribution in [0, 0.1) is 18.6 Å². The van der Waals surface area contributed by atoms with Crippen LogP contribution < -0.4 is 0 Å². The van der Waals surface area contributed by atoms with Crippen molar-refractivity contribution < 1.29 is 17.1 Å². The van der Waals surface area contributed by atoms with Crippen LogP contribution in [-0.4, -0.2) is 32.9 Å².